The Morgan fingerprint density at radius 1 is 0.950 bits per heavy atom. The normalized spacial score (nSPS) is 19.6. The Hall–Kier alpha value is -1.08. The maximum absolute atomic E-state index is 2.47. The molecule has 3 rings (SSSR count). The predicted molar refractivity (Wildman–Crippen MR) is 89.8 cm³/mol. The van der Waals surface area contributed by atoms with Gasteiger partial charge in [0.2, 0.25) is 0 Å². The second-order valence-corrected chi connectivity index (χ2v) is 8.41. The zero-order valence-corrected chi connectivity index (χ0v) is 14.0. The molecule has 0 saturated heterocycles. The van der Waals surface area contributed by atoms with Gasteiger partial charge in [-0.05, 0) is 70.4 Å². The summed E-state index contributed by atoms with van der Waals surface area (Å²) in [4.78, 5) is 1.39. The molecule has 0 fully saturated rings. The minimum Gasteiger partial charge on any atom is -0.144 e. The van der Waals surface area contributed by atoms with E-state index in [1.54, 1.807) is 11.1 Å². The summed E-state index contributed by atoms with van der Waals surface area (Å²) in [5.41, 5.74) is 6.56. The molecule has 0 aliphatic heterocycles. The number of benzene rings is 1. The molecule has 0 saturated carbocycles. The van der Waals surface area contributed by atoms with Crippen LogP contribution in [0.15, 0.2) is 29.6 Å². The summed E-state index contributed by atoms with van der Waals surface area (Å²) >= 11 is 1.84. The molecular weight excluding hydrogens is 260 g/mol. The van der Waals surface area contributed by atoms with Crippen molar-refractivity contribution < 1.29 is 0 Å². The SMILES string of the molecule is Cc1cc2c(cc1-c1cccs1)C(C)(C)CCC2(C)C. The number of hydrogen-bond donors (Lipinski definition) is 0. The molecule has 0 radical (unpaired) electrons. The molecule has 20 heavy (non-hydrogen) atoms. The van der Waals surface area contributed by atoms with Crippen molar-refractivity contribution in [2.24, 2.45) is 0 Å². The molecule has 106 valence electrons. The molecule has 0 N–H and O–H groups in total. The van der Waals surface area contributed by atoms with Gasteiger partial charge in [0, 0.05) is 4.88 Å². The van der Waals surface area contributed by atoms with Crippen molar-refractivity contribution in [1.82, 2.24) is 0 Å². The standard InChI is InChI=1S/C19H24S/c1-13-11-15-16(12-14(13)17-7-6-10-20-17)19(4,5)9-8-18(15,2)3/h6-7,10-12H,8-9H2,1-5H3. The fourth-order valence-electron chi connectivity index (χ4n) is 3.42. The lowest BCUT2D eigenvalue weighted by Crippen LogP contribution is -2.34. The zero-order chi connectivity index (χ0) is 14.5. The smallest absolute Gasteiger partial charge is 0.0345 e. The Bertz CT molecular complexity index is 630. The zero-order valence-electron chi connectivity index (χ0n) is 13.2. The Labute approximate surface area is 126 Å². The highest BCUT2D eigenvalue weighted by Crippen LogP contribution is 2.47. The van der Waals surface area contributed by atoms with Crippen LogP contribution in [0.5, 0.6) is 0 Å². The molecule has 0 unspecified atom stereocenters. The van der Waals surface area contributed by atoms with Gasteiger partial charge in [0.1, 0.15) is 0 Å². The molecule has 0 bridgehead atoms. The first-order valence-corrected chi connectivity index (χ1v) is 8.39. The highest BCUT2D eigenvalue weighted by molar-refractivity contribution is 7.13. The Morgan fingerprint density at radius 2 is 1.55 bits per heavy atom. The summed E-state index contributed by atoms with van der Waals surface area (Å²) in [7, 11) is 0. The average molecular weight is 284 g/mol. The Morgan fingerprint density at radius 3 is 2.10 bits per heavy atom. The molecular formula is C19H24S. The lowest BCUT2D eigenvalue weighted by Gasteiger charge is -2.42. The van der Waals surface area contributed by atoms with E-state index in [0.29, 0.717) is 10.8 Å². The van der Waals surface area contributed by atoms with E-state index < -0.39 is 0 Å². The fraction of sp³-hybridized carbons (Fsp3) is 0.474. The van der Waals surface area contributed by atoms with Crippen molar-refractivity contribution in [1.29, 1.82) is 0 Å². The van der Waals surface area contributed by atoms with Gasteiger partial charge in [0.25, 0.3) is 0 Å². The summed E-state index contributed by atoms with van der Waals surface area (Å²) in [5.74, 6) is 0. The number of rotatable bonds is 1. The Balaban J connectivity index is 2.25. The van der Waals surface area contributed by atoms with E-state index in [0.717, 1.165) is 0 Å². The second kappa shape index (κ2) is 4.46. The summed E-state index contributed by atoms with van der Waals surface area (Å²) < 4.78 is 0. The lowest BCUT2D eigenvalue weighted by atomic mass is 9.62. The molecule has 0 amide bonds. The molecule has 1 heteroatoms. The van der Waals surface area contributed by atoms with Crippen molar-refractivity contribution in [3.63, 3.8) is 0 Å². The molecule has 0 spiro atoms. The van der Waals surface area contributed by atoms with Crippen LogP contribution in [-0.2, 0) is 10.8 Å². The van der Waals surface area contributed by atoms with Gasteiger partial charge in [0.15, 0.2) is 0 Å². The monoisotopic (exact) mass is 284 g/mol. The second-order valence-electron chi connectivity index (χ2n) is 7.46. The number of aryl methyl sites for hydroxylation is 1. The van der Waals surface area contributed by atoms with E-state index >= 15 is 0 Å². The molecule has 1 aliphatic carbocycles. The van der Waals surface area contributed by atoms with Gasteiger partial charge in [-0.15, -0.1) is 11.3 Å². The van der Waals surface area contributed by atoms with E-state index in [2.05, 4.69) is 64.3 Å². The molecule has 1 aromatic carbocycles. The maximum Gasteiger partial charge on any atom is 0.0345 e. The van der Waals surface area contributed by atoms with Gasteiger partial charge in [0.05, 0.1) is 0 Å². The largest absolute Gasteiger partial charge is 0.144 e. The van der Waals surface area contributed by atoms with Crippen LogP contribution in [0.1, 0.15) is 57.2 Å². The summed E-state index contributed by atoms with van der Waals surface area (Å²) in [6, 6.07) is 9.30. The van der Waals surface area contributed by atoms with Crippen LogP contribution < -0.4 is 0 Å². The number of thiophene rings is 1. The van der Waals surface area contributed by atoms with E-state index in [-0.39, 0.29) is 0 Å². The quantitative estimate of drug-likeness (QED) is 0.596. The van der Waals surface area contributed by atoms with Crippen molar-refractivity contribution in [2.45, 2.75) is 58.3 Å². The third kappa shape index (κ3) is 2.13. The topological polar surface area (TPSA) is 0 Å². The number of fused-ring (bicyclic) bond motifs is 1. The molecule has 1 aliphatic rings. The van der Waals surface area contributed by atoms with Crippen LogP contribution in [0.2, 0.25) is 0 Å². The minimum atomic E-state index is 0.296. The first-order valence-electron chi connectivity index (χ1n) is 7.51. The van der Waals surface area contributed by atoms with Crippen molar-refractivity contribution in [2.75, 3.05) is 0 Å². The molecule has 2 aromatic rings. The van der Waals surface area contributed by atoms with Crippen LogP contribution >= 0.6 is 11.3 Å². The van der Waals surface area contributed by atoms with Gasteiger partial charge in [-0.25, -0.2) is 0 Å². The predicted octanol–water partition coefficient (Wildman–Crippen LogP) is 6.07. The third-order valence-corrected chi connectivity index (χ3v) is 5.89. The van der Waals surface area contributed by atoms with Gasteiger partial charge in [-0.2, -0.15) is 0 Å². The van der Waals surface area contributed by atoms with Gasteiger partial charge in [-0.3, -0.25) is 0 Å². The van der Waals surface area contributed by atoms with Gasteiger partial charge >= 0.3 is 0 Å². The molecule has 0 nitrogen and oxygen atoms in total. The first-order chi connectivity index (χ1) is 9.31. The lowest BCUT2D eigenvalue weighted by molar-refractivity contribution is 0.332. The van der Waals surface area contributed by atoms with E-state index in [4.69, 9.17) is 0 Å². The Kier molecular flexibility index (Phi) is 3.10. The summed E-state index contributed by atoms with van der Waals surface area (Å²) in [5, 5.41) is 2.17. The van der Waals surface area contributed by atoms with E-state index in [9.17, 15) is 0 Å². The minimum absolute atomic E-state index is 0.296. The van der Waals surface area contributed by atoms with Crippen LogP contribution in [0.4, 0.5) is 0 Å². The summed E-state index contributed by atoms with van der Waals surface area (Å²) in [6.07, 6.45) is 2.56. The van der Waals surface area contributed by atoms with Crippen LogP contribution in [0.3, 0.4) is 0 Å². The summed E-state index contributed by atoms with van der Waals surface area (Å²) in [6.45, 7) is 11.8. The van der Waals surface area contributed by atoms with Gasteiger partial charge in [-0.1, -0.05) is 39.8 Å². The molecule has 0 atom stereocenters. The van der Waals surface area contributed by atoms with E-state index in [1.807, 2.05) is 11.3 Å². The highest BCUT2D eigenvalue weighted by atomic mass is 32.1. The molecule has 1 heterocycles. The highest BCUT2D eigenvalue weighted by Gasteiger charge is 2.37. The molecule has 1 aromatic heterocycles. The van der Waals surface area contributed by atoms with Crippen LogP contribution in [0.25, 0.3) is 10.4 Å². The van der Waals surface area contributed by atoms with Crippen molar-refractivity contribution >= 4 is 11.3 Å². The van der Waals surface area contributed by atoms with Crippen LogP contribution in [-0.4, -0.2) is 0 Å². The fourth-order valence-corrected chi connectivity index (χ4v) is 4.23. The average Bonchev–Trinajstić information content (AvgIpc) is 2.88. The van der Waals surface area contributed by atoms with Crippen molar-refractivity contribution in [3.8, 4) is 10.4 Å². The van der Waals surface area contributed by atoms with E-state index in [1.165, 1.54) is 28.8 Å². The van der Waals surface area contributed by atoms with Crippen molar-refractivity contribution in [3.05, 3.63) is 46.3 Å². The van der Waals surface area contributed by atoms with Crippen LogP contribution in [0, 0.1) is 6.92 Å². The number of hydrogen-bond acceptors (Lipinski definition) is 1. The third-order valence-electron chi connectivity index (χ3n) is 4.98. The first kappa shape index (κ1) is 13.9. The maximum atomic E-state index is 2.47. The van der Waals surface area contributed by atoms with Gasteiger partial charge < -0.3 is 0 Å².